The van der Waals surface area contributed by atoms with Crippen molar-refractivity contribution in [3.8, 4) is 0 Å². The first kappa shape index (κ1) is 16.5. The van der Waals surface area contributed by atoms with Crippen LogP contribution in [0.15, 0.2) is 34.3 Å². The fourth-order valence-electron chi connectivity index (χ4n) is 2.31. The van der Waals surface area contributed by atoms with E-state index in [1.807, 2.05) is 52.0 Å². The number of benzene rings is 1. The first-order valence-corrected chi connectivity index (χ1v) is 8.15. The van der Waals surface area contributed by atoms with Crippen LogP contribution in [0.4, 0.5) is 0 Å². The predicted molar refractivity (Wildman–Crippen MR) is 90.9 cm³/mol. The molecule has 0 spiro atoms. The van der Waals surface area contributed by atoms with Crippen LogP contribution >= 0.6 is 0 Å². The van der Waals surface area contributed by atoms with E-state index in [0.29, 0.717) is 11.8 Å². The van der Waals surface area contributed by atoms with Crippen molar-refractivity contribution in [1.29, 1.82) is 0 Å². The van der Waals surface area contributed by atoms with Crippen LogP contribution in [0.5, 0.6) is 0 Å². The van der Waals surface area contributed by atoms with Crippen LogP contribution in [0.25, 0.3) is 0 Å². The average Bonchev–Trinajstić information content (AvgIpc) is 3.04. The lowest BCUT2D eigenvalue weighted by Crippen LogP contribution is -2.17. The van der Waals surface area contributed by atoms with E-state index < -0.39 is 0 Å². The monoisotopic (exact) mass is 302 g/mol. The molecule has 4 nitrogen and oxygen atoms in total. The Balaban J connectivity index is 0.000000847. The van der Waals surface area contributed by atoms with Gasteiger partial charge in [0.05, 0.1) is 12.1 Å². The van der Waals surface area contributed by atoms with Crippen molar-refractivity contribution in [2.45, 2.75) is 65.8 Å². The molecule has 0 saturated heterocycles. The third kappa shape index (κ3) is 3.16. The van der Waals surface area contributed by atoms with Crippen molar-refractivity contribution in [3.63, 3.8) is 0 Å². The molecule has 0 amide bonds. The van der Waals surface area contributed by atoms with E-state index in [0.717, 1.165) is 11.1 Å². The van der Waals surface area contributed by atoms with Gasteiger partial charge in [-0.2, -0.15) is 0 Å². The van der Waals surface area contributed by atoms with Crippen LogP contribution in [0.3, 0.4) is 0 Å². The maximum Gasteiger partial charge on any atom is 0.217 e. The largest absolute Gasteiger partial charge is 0.472 e. The molecular formula is C18H26N2O2. The summed E-state index contributed by atoms with van der Waals surface area (Å²) >= 11 is 0. The minimum Gasteiger partial charge on any atom is -0.472 e. The Kier molecular flexibility index (Phi) is 5.22. The molecule has 0 radical (unpaired) electrons. The van der Waals surface area contributed by atoms with E-state index in [-0.39, 0.29) is 24.3 Å². The van der Waals surface area contributed by atoms with Gasteiger partial charge in [0.2, 0.25) is 11.8 Å². The summed E-state index contributed by atoms with van der Waals surface area (Å²) in [5.74, 6) is 1.39. The SMILES string of the molecule is CC.CC1N=C(c2ccccc2C2=NC(C)C(C)O2)OC1C. The Labute approximate surface area is 133 Å². The summed E-state index contributed by atoms with van der Waals surface area (Å²) in [6.07, 6.45) is 0.227. The minimum absolute atomic E-state index is 0.113. The lowest BCUT2D eigenvalue weighted by Gasteiger charge is -2.12. The number of nitrogens with zero attached hydrogens (tertiary/aromatic N) is 2. The standard InChI is InChI=1S/C16H20N2O2.C2H6/c1-9-11(3)19-15(17-9)13-7-5-6-8-14(13)16-18-10(2)12(4)20-16;1-2/h5-12H,1-4H3;1-2H3. The van der Waals surface area contributed by atoms with Gasteiger partial charge in [-0.3, -0.25) is 0 Å². The van der Waals surface area contributed by atoms with Gasteiger partial charge >= 0.3 is 0 Å². The van der Waals surface area contributed by atoms with Crippen molar-refractivity contribution in [1.82, 2.24) is 0 Å². The quantitative estimate of drug-likeness (QED) is 0.833. The Bertz CT molecular complexity index is 529. The third-order valence-corrected chi connectivity index (χ3v) is 3.98. The molecule has 0 bridgehead atoms. The Morgan fingerprint density at radius 2 is 1.09 bits per heavy atom. The Morgan fingerprint density at radius 1 is 0.727 bits per heavy atom. The molecule has 2 aliphatic heterocycles. The van der Waals surface area contributed by atoms with Crippen molar-refractivity contribution in [3.05, 3.63) is 35.4 Å². The summed E-state index contributed by atoms with van der Waals surface area (Å²) in [5, 5.41) is 0. The van der Waals surface area contributed by atoms with Crippen molar-refractivity contribution in [2.75, 3.05) is 0 Å². The lowest BCUT2D eigenvalue weighted by atomic mass is 10.1. The second kappa shape index (κ2) is 6.95. The highest BCUT2D eigenvalue weighted by molar-refractivity contribution is 6.08. The second-order valence-corrected chi connectivity index (χ2v) is 5.54. The lowest BCUT2D eigenvalue weighted by molar-refractivity contribution is 0.216. The summed E-state index contributed by atoms with van der Waals surface area (Å²) in [5.41, 5.74) is 1.92. The molecule has 1 aromatic carbocycles. The van der Waals surface area contributed by atoms with Crippen molar-refractivity contribution in [2.24, 2.45) is 9.98 Å². The van der Waals surface area contributed by atoms with Gasteiger partial charge in [0.25, 0.3) is 0 Å². The number of rotatable bonds is 2. The molecular weight excluding hydrogens is 276 g/mol. The van der Waals surface area contributed by atoms with E-state index >= 15 is 0 Å². The van der Waals surface area contributed by atoms with E-state index in [1.54, 1.807) is 0 Å². The van der Waals surface area contributed by atoms with Crippen LogP contribution < -0.4 is 0 Å². The number of hydrogen-bond donors (Lipinski definition) is 0. The topological polar surface area (TPSA) is 43.2 Å². The zero-order valence-corrected chi connectivity index (χ0v) is 14.3. The van der Waals surface area contributed by atoms with Gasteiger partial charge in [-0.25, -0.2) is 9.98 Å². The van der Waals surface area contributed by atoms with E-state index in [4.69, 9.17) is 9.47 Å². The van der Waals surface area contributed by atoms with Gasteiger partial charge in [-0.05, 0) is 39.8 Å². The molecule has 1 aromatic rings. The summed E-state index contributed by atoms with van der Waals surface area (Å²) in [6, 6.07) is 8.36. The maximum atomic E-state index is 5.85. The van der Waals surface area contributed by atoms with E-state index in [1.165, 1.54) is 0 Å². The molecule has 0 N–H and O–H groups in total. The highest BCUT2D eigenvalue weighted by Crippen LogP contribution is 2.24. The van der Waals surface area contributed by atoms with E-state index in [2.05, 4.69) is 23.8 Å². The molecule has 3 rings (SSSR count). The molecule has 22 heavy (non-hydrogen) atoms. The van der Waals surface area contributed by atoms with Gasteiger partial charge in [0, 0.05) is 11.1 Å². The zero-order chi connectivity index (χ0) is 16.3. The normalized spacial score (nSPS) is 29.7. The summed E-state index contributed by atoms with van der Waals surface area (Å²) in [7, 11) is 0. The van der Waals surface area contributed by atoms with Gasteiger partial charge < -0.3 is 9.47 Å². The molecule has 4 unspecified atom stereocenters. The van der Waals surface area contributed by atoms with E-state index in [9.17, 15) is 0 Å². The first-order chi connectivity index (χ1) is 10.6. The number of ether oxygens (including phenoxy) is 2. The van der Waals surface area contributed by atoms with Crippen molar-refractivity contribution >= 4 is 11.8 Å². The highest BCUT2D eigenvalue weighted by atomic mass is 16.5. The molecule has 4 heteroatoms. The molecule has 0 aromatic heterocycles. The van der Waals surface area contributed by atoms with Crippen LogP contribution in [0.2, 0.25) is 0 Å². The fourth-order valence-corrected chi connectivity index (χ4v) is 2.31. The van der Waals surface area contributed by atoms with Crippen molar-refractivity contribution < 1.29 is 9.47 Å². The second-order valence-electron chi connectivity index (χ2n) is 5.54. The average molecular weight is 302 g/mol. The predicted octanol–water partition coefficient (Wildman–Crippen LogP) is 3.82. The molecule has 120 valence electrons. The van der Waals surface area contributed by atoms with Gasteiger partial charge in [0.1, 0.15) is 12.2 Å². The van der Waals surface area contributed by atoms with Gasteiger partial charge in [0.15, 0.2) is 0 Å². The van der Waals surface area contributed by atoms with Crippen LogP contribution in [-0.4, -0.2) is 36.1 Å². The van der Waals surface area contributed by atoms with Crippen LogP contribution in [0, 0.1) is 0 Å². The Morgan fingerprint density at radius 3 is 1.36 bits per heavy atom. The fraction of sp³-hybridized carbons (Fsp3) is 0.556. The Hall–Kier alpha value is -1.84. The first-order valence-electron chi connectivity index (χ1n) is 8.15. The summed E-state index contributed by atoms with van der Waals surface area (Å²) in [4.78, 5) is 9.19. The molecule has 0 fully saturated rings. The molecule has 2 heterocycles. The summed E-state index contributed by atoms with van der Waals surface area (Å²) < 4.78 is 11.7. The zero-order valence-electron chi connectivity index (χ0n) is 14.3. The van der Waals surface area contributed by atoms with Gasteiger partial charge in [-0.15, -0.1) is 0 Å². The summed E-state index contributed by atoms with van der Waals surface area (Å²) in [6.45, 7) is 12.2. The smallest absolute Gasteiger partial charge is 0.217 e. The van der Waals surface area contributed by atoms with Gasteiger partial charge in [-0.1, -0.05) is 26.0 Å². The molecule has 0 saturated carbocycles. The highest BCUT2D eigenvalue weighted by Gasteiger charge is 2.30. The number of aliphatic imine (C=N–C) groups is 2. The maximum absolute atomic E-state index is 5.85. The molecule has 0 aliphatic carbocycles. The third-order valence-electron chi connectivity index (χ3n) is 3.98. The molecule has 2 aliphatic rings. The van der Waals surface area contributed by atoms with Crippen LogP contribution in [-0.2, 0) is 9.47 Å². The minimum atomic E-state index is 0.113. The molecule has 4 atom stereocenters. The number of hydrogen-bond acceptors (Lipinski definition) is 4. The van der Waals surface area contributed by atoms with Crippen LogP contribution in [0.1, 0.15) is 52.7 Å².